The normalized spacial score (nSPS) is 23.8. The van der Waals surface area contributed by atoms with E-state index in [2.05, 4.69) is 6.58 Å². The average molecular weight is 204 g/mol. The molecule has 0 heterocycles. The Balaban J connectivity index is 0.00000169. The van der Waals surface area contributed by atoms with Crippen LogP contribution in [-0.4, -0.2) is 23.3 Å². The molecule has 0 radical (unpaired) electrons. The van der Waals surface area contributed by atoms with E-state index in [1.54, 1.807) is 18.2 Å². The van der Waals surface area contributed by atoms with Crippen LogP contribution in [-0.2, 0) is 9.53 Å². The van der Waals surface area contributed by atoms with E-state index in [9.17, 15) is 15.0 Å². The van der Waals surface area contributed by atoms with Crippen molar-refractivity contribution in [2.45, 2.75) is 12.2 Å². The number of ether oxygens (including phenoxy) is 1. The first kappa shape index (κ1) is 13.4. The minimum Gasteiger partial charge on any atom is -0.542 e. The van der Waals surface area contributed by atoms with Crippen LogP contribution in [0.15, 0.2) is 36.6 Å². The van der Waals surface area contributed by atoms with Gasteiger partial charge < -0.3 is 19.7 Å². The second kappa shape index (κ2) is 6.03. The maximum atomic E-state index is 10.2. The van der Waals surface area contributed by atoms with Crippen molar-refractivity contribution in [3.63, 3.8) is 0 Å². The molecule has 4 nitrogen and oxygen atoms in total. The molecule has 0 amide bonds. The van der Waals surface area contributed by atoms with Crippen LogP contribution in [0.2, 0.25) is 0 Å². The second-order valence-corrected chi connectivity index (χ2v) is 2.55. The Morgan fingerprint density at radius 2 is 2.00 bits per heavy atom. The molecule has 1 aliphatic carbocycles. The Labute approximate surface area is 104 Å². The number of carboxylic acids is 1. The van der Waals surface area contributed by atoms with Gasteiger partial charge in [0.05, 0.1) is 0 Å². The molecular formula is C9H9NaO4. The van der Waals surface area contributed by atoms with Gasteiger partial charge in [-0.3, -0.25) is 0 Å². The molecule has 0 aliphatic heterocycles. The van der Waals surface area contributed by atoms with Gasteiger partial charge in [-0.1, -0.05) is 24.8 Å². The van der Waals surface area contributed by atoms with Gasteiger partial charge in [0.25, 0.3) is 0 Å². The summed E-state index contributed by atoms with van der Waals surface area (Å²) in [7, 11) is 0. The summed E-state index contributed by atoms with van der Waals surface area (Å²) >= 11 is 0. The standard InChI is InChI=1S/C9H10O4.Na/c1-6(9(11)12)13-8-5-3-2-4-7(8)10;/h2-5,7-8,10H,1H2,(H,11,12);/q;+1/p-1/t7-,8-;/m1./s1. The van der Waals surface area contributed by atoms with Crippen LogP contribution in [0.5, 0.6) is 0 Å². The zero-order valence-electron chi connectivity index (χ0n) is 7.84. The number of carbonyl (C=O) groups excluding carboxylic acids is 1. The van der Waals surface area contributed by atoms with Crippen molar-refractivity contribution in [3.8, 4) is 0 Å². The number of aliphatic hydroxyl groups excluding tert-OH is 1. The molecule has 1 aliphatic rings. The molecule has 1 N–H and O–H groups in total. The van der Waals surface area contributed by atoms with Gasteiger partial charge in [-0.25, -0.2) is 0 Å². The van der Waals surface area contributed by atoms with Gasteiger partial charge in [0.15, 0.2) is 0 Å². The summed E-state index contributed by atoms with van der Waals surface area (Å²) in [5.41, 5.74) is 0. The topological polar surface area (TPSA) is 69.6 Å². The van der Waals surface area contributed by atoms with Crippen molar-refractivity contribution in [1.29, 1.82) is 0 Å². The van der Waals surface area contributed by atoms with Crippen LogP contribution >= 0.6 is 0 Å². The van der Waals surface area contributed by atoms with E-state index in [1.807, 2.05) is 0 Å². The molecule has 5 heteroatoms. The summed E-state index contributed by atoms with van der Waals surface area (Å²) in [4.78, 5) is 10.2. The summed E-state index contributed by atoms with van der Waals surface area (Å²) in [6, 6.07) is 0. The Morgan fingerprint density at radius 3 is 2.50 bits per heavy atom. The number of rotatable bonds is 3. The number of hydrogen-bond acceptors (Lipinski definition) is 4. The Bertz CT molecular complexity index is 283. The van der Waals surface area contributed by atoms with Crippen LogP contribution in [0, 0.1) is 0 Å². The fourth-order valence-electron chi connectivity index (χ4n) is 0.896. The first-order valence-corrected chi connectivity index (χ1v) is 3.71. The third-order valence-electron chi connectivity index (χ3n) is 1.56. The van der Waals surface area contributed by atoms with Crippen LogP contribution in [0.3, 0.4) is 0 Å². The van der Waals surface area contributed by atoms with Gasteiger partial charge in [0, 0.05) is 0 Å². The number of carboxylic acid groups (broad SMARTS) is 1. The number of hydrogen-bond donors (Lipinski definition) is 1. The molecule has 0 saturated carbocycles. The van der Waals surface area contributed by atoms with E-state index in [4.69, 9.17) is 4.74 Å². The van der Waals surface area contributed by atoms with Gasteiger partial charge in [-0.2, -0.15) is 0 Å². The molecule has 0 spiro atoms. The SMILES string of the molecule is C=C(O[C@@H]1C=CC=C[C@H]1O)C(=O)[O-].[Na+]. The molecule has 0 unspecified atom stereocenters. The van der Waals surface area contributed by atoms with E-state index in [1.165, 1.54) is 6.08 Å². The molecule has 1 rings (SSSR count). The van der Waals surface area contributed by atoms with Gasteiger partial charge in [0.2, 0.25) is 0 Å². The molecule has 2 atom stereocenters. The maximum Gasteiger partial charge on any atom is 1.00 e. The predicted octanol–water partition coefficient (Wildman–Crippen LogP) is -3.87. The molecule has 70 valence electrons. The number of allylic oxidation sites excluding steroid dienone is 2. The molecule has 0 fully saturated rings. The number of aliphatic carboxylic acids is 1. The smallest absolute Gasteiger partial charge is 0.542 e. The third-order valence-corrected chi connectivity index (χ3v) is 1.56. The monoisotopic (exact) mass is 204 g/mol. The average Bonchev–Trinajstić information content (AvgIpc) is 2.08. The van der Waals surface area contributed by atoms with Crippen molar-refractivity contribution < 1.29 is 49.3 Å². The van der Waals surface area contributed by atoms with Crippen molar-refractivity contribution in [2.75, 3.05) is 0 Å². The quantitative estimate of drug-likeness (QED) is 0.290. The first-order chi connectivity index (χ1) is 6.11. The van der Waals surface area contributed by atoms with E-state index in [-0.39, 0.29) is 29.6 Å². The minimum atomic E-state index is -1.48. The number of aliphatic hydroxyl groups is 1. The third kappa shape index (κ3) is 3.67. The molecule has 0 bridgehead atoms. The molecule has 14 heavy (non-hydrogen) atoms. The van der Waals surface area contributed by atoms with Gasteiger partial charge in [0.1, 0.15) is 23.9 Å². The maximum absolute atomic E-state index is 10.2. The summed E-state index contributed by atoms with van der Waals surface area (Å²) in [6.45, 7) is 3.13. The van der Waals surface area contributed by atoms with E-state index < -0.39 is 23.9 Å². The predicted molar refractivity (Wildman–Crippen MR) is 43.3 cm³/mol. The fraction of sp³-hybridized carbons (Fsp3) is 0.222. The molecule has 0 saturated heterocycles. The summed E-state index contributed by atoms with van der Waals surface area (Å²) in [5.74, 6) is -1.96. The van der Waals surface area contributed by atoms with Crippen molar-refractivity contribution in [3.05, 3.63) is 36.6 Å². The van der Waals surface area contributed by atoms with Crippen molar-refractivity contribution >= 4 is 5.97 Å². The van der Waals surface area contributed by atoms with Crippen LogP contribution < -0.4 is 34.7 Å². The molecular weight excluding hydrogens is 195 g/mol. The Hall–Kier alpha value is -0.550. The van der Waals surface area contributed by atoms with E-state index >= 15 is 0 Å². The fourth-order valence-corrected chi connectivity index (χ4v) is 0.896. The Kier molecular flexibility index (Phi) is 5.79. The molecule has 0 aromatic carbocycles. The van der Waals surface area contributed by atoms with E-state index in [0.717, 1.165) is 0 Å². The van der Waals surface area contributed by atoms with Gasteiger partial charge in [-0.15, -0.1) is 0 Å². The van der Waals surface area contributed by atoms with Gasteiger partial charge in [-0.05, 0) is 6.08 Å². The molecule has 0 aromatic heterocycles. The number of carbonyl (C=O) groups is 1. The summed E-state index contributed by atoms with van der Waals surface area (Å²) in [5, 5.41) is 19.5. The zero-order valence-corrected chi connectivity index (χ0v) is 9.84. The van der Waals surface area contributed by atoms with Gasteiger partial charge >= 0.3 is 29.6 Å². The van der Waals surface area contributed by atoms with Crippen LogP contribution in [0.25, 0.3) is 0 Å². The van der Waals surface area contributed by atoms with Crippen LogP contribution in [0.4, 0.5) is 0 Å². The summed E-state index contributed by atoms with van der Waals surface area (Å²) in [6.07, 6.45) is 4.79. The minimum absolute atomic E-state index is 0. The second-order valence-electron chi connectivity index (χ2n) is 2.55. The van der Waals surface area contributed by atoms with Crippen molar-refractivity contribution in [2.24, 2.45) is 0 Å². The summed E-state index contributed by atoms with van der Waals surface area (Å²) < 4.78 is 4.82. The zero-order chi connectivity index (χ0) is 9.84. The molecule has 0 aromatic rings. The Morgan fingerprint density at radius 1 is 1.43 bits per heavy atom. The largest absolute Gasteiger partial charge is 1.00 e. The van der Waals surface area contributed by atoms with Crippen LogP contribution in [0.1, 0.15) is 0 Å². The van der Waals surface area contributed by atoms with Crippen molar-refractivity contribution in [1.82, 2.24) is 0 Å². The van der Waals surface area contributed by atoms with E-state index in [0.29, 0.717) is 0 Å². The first-order valence-electron chi connectivity index (χ1n) is 3.71.